The van der Waals surface area contributed by atoms with Crippen LogP contribution in [0.2, 0.25) is 0 Å². The summed E-state index contributed by atoms with van der Waals surface area (Å²) in [7, 11) is 0. The number of aliphatic carboxylic acids is 1. The zero-order valence-electron chi connectivity index (χ0n) is 13.5. The van der Waals surface area contributed by atoms with Crippen molar-refractivity contribution >= 4 is 17.7 Å². The Bertz CT molecular complexity index is 445. The van der Waals surface area contributed by atoms with Gasteiger partial charge in [-0.2, -0.15) is 0 Å². The molecule has 21 heavy (non-hydrogen) atoms. The molecule has 0 spiro atoms. The van der Waals surface area contributed by atoms with E-state index in [1.807, 2.05) is 20.8 Å². The lowest BCUT2D eigenvalue weighted by molar-refractivity contribution is -0.145. The van der Waals surface area contributed by atoms with Crippen molar-refractivity contribution in [2.75, 3.05) is 5.75 Å². The molecular formula is C17H27NO2S. The first-order valence-corrected chi connectivity index (χ1v) is 8.59. The second-order valence-electron chi connectivity index (χ2n) is 5.80. The smallest absolute Gasteiger partial charge is 0.323 e. The standard InChI is InChI=1S/C17H27NO2S/c1-5-17(16(19)20,18-13(2)3)11-6-12-21-15-9-7-14(4)8-10-15/h7-10,13,18H,5-6,11-12H2,1-4H3,(H,19,20). The minimum atomic E-state index is -0.790. The van der Waals surface area contributed by atoms with Crippen molar-refractivity contribution in [3.63, 3.8) is 0 Å². The van der Waals surface area contributed by atoms with Crippen LogP contribution in [-0.4, -0.2) is 28.4 Å². The molecule has 4 heteroatoms. The highest BCUT2D eigenvalue weighted by atomic mass is 32.2. The molecule has 0 saturated heterocycles. The molecule has 0 aromatic heterocycles. The van der Waals surface area contributed by atoms with Crippen LogP contribution in [0.15, 0.2) is 29.2 Å². The van der Waals surface area contributed by atoms with Crippen LogP contribution in [0.5, 0.6) is 0 Å². The Hall–Kier alpha value is -1.00. The Balaban J connectivity index is 2.50. The van der Waals surface area contributed by atoms with Crippen LogP contribution in [0.3, 0.4) is 0 Å². The van der Waals surface area contributed by atoms with Crippen molar-refractivity contribution in [2.24, 2.45) is 0 Å². The maximum Gasteiger partial charge on any atom is 0.323 e. The summed E-state index contributed by atoms with van der Waals surface area (Å²) in [6, 6.07) is 8.63. The van der Waals surface area contributed by atoms with Gasteiger partial charge in [0.1, 0.15) is 5.54 Å². The van der Waals surface area contributed by atoms with Gasteiger partial charge in [0, 0.05) is 10.9 Å². The highest BCUT2D eigenvalue weighted by Gasteiger charge is 2.36. The van der Waals surface area contributed by atoms with Gasteiger partial charge in [0.2, 0.25) is 0 Å². The van der Waals surface area contributed by atoms with Crippen molar-refractivity contribution < 1.29 is 9.90 Å². The zero-order valence-corrected chi connectivity index (χ0v) is 14.3. The van der Waals surface area contributed by atoms with E-state index in [0.717, 1.165) is 12.2 Å². The maximum atomic E-state index is 11.6. The Morgan fingerprint density at radius 3 is 2.43 bits per heavy atom. The fourth-order valence-corrected chi connectivity index (χ4v) is 3.27. The van der Waals surface area contributed by atoms with Crippen molar-refractivity contribution in [2.45, 2.75) is 63.4 Å². The normalized spacial score (nSPS) is 14.1. The number of hydrogen-bond donors (Lipinski definition) is 2. The van der Waals surface area contributed by atoms with Gasteiger partial charge in [0.05, 0.1) is 0 Å². The topological polar surface area (TPSA) is 49.3 Å². The van der Waals surface area contributed by atoms with Crippen LogP contribution >= 0.6 is 11.8 Å². The molecule has 3 nitrogen and oxygen atoms in total. The molecule has 0 amide bonds. The van der Waals surface area contributed by atoms with Crippen molar-refractivity contribution in [3.05, 3.63) is 29.8 Å². The Morgan fingerprint density at radius 1 is 1.33 bits per heavy atom. The van der Waals surface area contributed by atoms with E-state index >= 15 is 0 Å². The number of carbonyl (C=O) groups is 1. The summed E-state index contributed by atoms with van der Waals surface area (Å²) in [5, 5.41) is 12.8. The molecule has 1 rings (SSSR count). The molecule has 0 heterocycles. The molecule has 0 fully saturated rings. The molecule has 0 radical (unpaired) electrons. The summed E-state index contributed by atoms with van der Waals surface area (Å²) in [6.45, 7) is 8.01. The minimum absolute atomic E-state index is 0.172. The summed E-state index contributed by atoms with van der Waals surface area (Å²) < 4.78 is 0. The third-order valence-electron chi connectivity index (χ3n) is 3.62. The Labute approximate surface area is 132 Å². The highest BCUT2D eigenvalue weighted by Crippen LogP contribution is 2.24. The molecule has 0 aliphatic carbocycles. The molecular weight excluding hydrogens is 282 g/mol. The predicted octanol–water partition coefficient (Wildman–Crippen LogP) is 4.10. The van der Waals surface area contributed by atoms with E-state index in [-0.39, 0.29) is 6.04 Å². The number of rotatable bonds is 9. The van der Waals surface area contributed by atoms with E-state index in [9.17, 15) is 9.90 Å². The second-order valence-corrected chi connectivity index (χ2v) is 6.97. The summed E-state index contributed by atoms with van der Waals surface area (Å²) in [6.07, 6.45) is 2.16. The average molecular weight is 309 g/mol. The van der Waals surface area contributed by atoms with E-state index in [2.05, 4.69) is 36.5 Å². The monoisotopic (exact) mass is 309 g/mol. The molecule has 1 unspecified atom stereocenters. The lowest BCUT2D eigenvalue weighted by Crippen LogP contribution is -2.54. The van der Waals surface area contributed by atoms with E-state index in [4.69, 9.17) is 0 Å². The van der Waals surface area contributed by atoms with Gasteiger partial charge in [-0.15, -0.1) is 11.8 Å². The van der Waals surface area contributed by atoms with Gasteiger partial charge >= 0.3 is 5.97 Å². The van der Waals surface area contributed by atoms with Gasteiger partial charge in [-0.3, -0.25) is 10.1 Å². The molecule has 1 atom stereocenters. The van der Waals surface area contributed by atoms with Crippen molar-refractivity contribution in [1.29, 1.82) is 0 Å². The van der Waals surface area contributed by atoms with Crippen molar-refractivity contribution in [3.8, 4) is 0 Å². The SMILES string of the molecule is CCC(CCCSc1ccc(C)cc1)(NC(C)C)C(=O)O. The van der Waals surface area contributed by atoms with Gasteiger partial charge in [0.25, 0.3) is 0 Å². The van der Waals surface area contributed by atoms with Crippen LogP contribution in [0, 0.1) is 6.92 Å². The molecule has 0 aliphatic rings. The largest absolute Gasteiger partial charge is 0.480 e. The molecule has 0 saturated carbocycles. The summed E-state index contributed by atoms with van der Waals surface area (Å²) in [4.78, 5) is 12.9. The van der Waals surface area contributed by atoms with Gasteiger partial charge in [0.15, 0.2) is 0 Å². The number of thioether (sulfide) groups is 1. The molecule has 0 bridgehead atoms. The van der Waals surface area contributed by atoms with Crippen LogP contribution in [0.4, 0.5) is 0 Å². The number of hydrogen-bond acceptors (Lipinski definition) is 3. The van der Waals surface area contributed by atoms with Gasteiger partial charge in [-0.25, -0.2) is 0 Å². The van der Waals surface area contributed by atoms with E-state index in [1.54, 1.807) is 11.8 Å². The molecule has 1 aromatic carbocycles. The summed E-state index contributed by atoms with van der Waals surface area (Å²) >= 11 is 1.79. The third kappa shape index (κ3) is 5.71. The van der Waals surface area contributed by atoms with Crippen LogP contribution in [-0.2, 0) is 4.79 Å². The molecule has 118 valence electrons. The fourth-order valence-electron chi connectivity index (χ4n) is 2.42. The molecule has 2 N–H and O–H groups in total. The summed E-state index contributed by atoms with van der Waals surface area (Å²) in [5.41, 5.74) is 0.471. The maximum absolute atomic E-state index is 11.6. The number of benzene rings is 1. The zero-order chi connectivity index (χ0) is 15.9. The second kappa shape index (κ2) is 8.44. The first-order valence-electron chi connectivity index (χ1n) is 7.60. The van der Waals surface area contributed by atoms with Gasteiger partial charge in [-0.1, -0.05) is 24.6 Å². The van der Waals surface area contributed by atoms with Crippen LogP contribution < -0.4 is 5.32 Å². The first-order chi connectivity index (χ1) is 9.89. The third-order valence-corrected chi connectivity index (χ3v) is 4.71. The summed E-state index contributed by atoms with van der Waals surface area (Å²) in [5.74, 6) is 0.205. The number of carboxylic acids is 1. The van der Waals surface area contributed by atoms with Crippen molar-refractivity contribution in [1.82, 2.24) is 5.32 Å². The van der Waals surface area contributed by atoms with E-state index in [0.29, 0.717) is 12.8 Å². The number of carboxylic acid groups (broad SMARTS) is 1. The van der Waals surface area contributed by atoms with E-state index in [1.165, 1.54) is 10.5 Å². The fraction of sp³-hybridized carbons (Fsp3) is 0.588. The van der Waals surface area contributed by atoms with Crippen LogP contribution in [0.25, 0.3) is 0 Å². The number of aryl methyl sites for hydroxylation is 1. The Morgan fingerprint density at radius 2 is 1.95 bits per heavy atom. The lowest BCUT2D eigenvalue weighted by atomic mass is 9.90. The molecule has 1 aromatic rings. The quantitative estimate of drug-likeness (QED) is 0.532. The number of nitrogens with one attached hydrogen (secondary N) is 1. The first kappa shape index (κ1) is 18.1. The Kier molecular flexibility index (Phi) is 7.26. The van der Waals surface area contributed by atoms with Crippen LogP contribution in [0.1, 0.15) is 45.6 Å². The molecule has 0 aliphatic heterocycles. The minimum Gasteiger partial charge on any atom is -0.480 e. The lowest BCUT2D eigenvalue weighted by Gasteiger charge is -2.31. The average Bonchev–Trinajstić information content (AvgIpc) is 2.43. The van der Waals surface area contributed by atoms with Gasteiger partial charge < -0.3 is 5.11 Å². The van der Waals surface area contributed by atoms with Gasteiger partial charge in [-0.05, 0) is 57.9 Å². The highest BCUT2D eigenvalue weighted by molar-refractivity contribution is 7.99. The predicted molar refractivity (Wildman–Crippen MR) is 90.1 cm³/mol. The van der Waals surface area contributed by atoms with E-state index < -0.39 is 11.5 Å².